The highest BCUT2D eigenvalue weighted by Crippen LogP contribution is 2.51. The van der Waals surface area contributed by atoms with Gasteiger partial charge in [0.2, 0.25) is 0 Å². The van der Waals surface area contributed by atoms with Crippen molar-refractivity contribution in [3.63, 3.8) is 0 Å². The maximum atomic E-state index is 2.84. The molecule has 0 radical (unpaired) electrons. The molecule has 1 fully saturated rings. The summed E-state index contributed by atoms with van der Waals surface area (Å²) in [5.74, 6) is 8.65. The lowest BCUT2D eigenvalue weighted by molar-refractivity contribution is -0.524. The molecular formula is C126H131B5N15+5. The number of hydrogen-bond acceptors (Lipinski definition) is 5. The number of anilines is 7. The first kappa shape index (κ1) is 92.4. The molecule has 0 amide bonds. The van der Waals surface area contributed by atoms with E-state index < -0.39 is 0 Å². The van der Waals surface area contributed by atoms with Crippen LogP contribution >= 0.6 is 0 Å². The maximum Gasteiger partial charge on any atom is 0.542 e. The highest BCUT2D eigenvalue weighted by atomic mass is 15.3. The minimum absolute atomic E-state index is 0.0745. The average molecular weight is 1910 g/mol. The summed E-state index contributed by atoms with van der Waals surface area (Å²) in [6.45, 7) is 42.3. The van der Waals surface area contributed by atoms with Crippen molar-refractivity contribution in [3.05, 3.63) is 412 Å². The molecule has 146 heavy (non-hydrogen) atoms. The van der Waals surface area contributed by atoms with E-state index in [0.29, 0.717) is 35.8 Å². The SMILES string of the molecule is CC(C)c1cccc(C(C)C)c1B1N(C2CCCCC2)c2cccc3c2-c2n(cc[n+]21)C3.CC(C)c1cccc(C(C)C)c1B1N(c2ccccc2)c2cccc3c2-c2n(cc[n+]21)C3.Cc1cccc(C)c1B1N(C(C)C)c2cccc3c2-c2n(cc[n+]21)C3.Cc1cccc(C)c1B1N(C)c2cccc3c2-c2n(c(-c4ccccc4)c[n+]21)C3.Cc1cccc(C)c1B1N(c2ccccc2)c2cccc3c2-c2n(cc[n+]21)C3. The molecule has 15 heterocycles. The Bertz CT molecular complexity index is 8080. The van der Waals surface area contributed by atoms with E-state index in [2.05, 4.69) is 516 Å². The van der Waals surface area contributed by atoms with E-state index >= 15 is 0 Å². The fourth-order valence-corrected chi connectivity index (χ4v) is 27.4. The molecular weight excluding hydrogens is 1780 g/mol. The van der Waals surface area contributed by atoms with Crippen LogP contribution in [-0.4, -0.2) is 76.9 Å². The number of rotatable bonds is 14. The number of nitrogens with zero attached hydrogens (tertiary/aromatic N) is 15. The van der Waals surface area contributed by atoms with Crippen LogP contribution in [0, 0.1) is 41.5 Å². The van der Waals surface area contributed by atoms with Gasteiger partial charge in [0.15, 0.2) is 5.69 Å². The zero-order valence-corrected chi connectivity index (χ0v) is 87.8. The summed E-state index contributed by atoms with van der Waals surface area (Å²) in [6, 6.07) is 101. The van der Waals surface area contributed by atoms with Gasteiger partial charge in [-0.05, 0) is 209 Å². The van der Waals surface area contributed by atoms with Crippen LogP contribution in [0.1, 0.15) is 208 Å². The quantitative estimate of drug-likeness (QED) is 0.102. The van der Waals surface area contributed by atoms with Gasteiger partial charge < -0.3 is 24.1 Å². The predicted molar refractivity (Wildman–Crippen MR) is 605 cm³/mol. The van der Waals surface area contributed by atoms with Crippen LogP contribution in [0.3, 0.4) is 0 Å². The van der Waals surface area contributed by atoms with Crippen LogP contribution < -0.4 is 73.8 Å². The summed E-state index contributed by atoms with van der Waals surface area (Å²) >= 11 is 0. The summed E-state index contributed by atoms with van der Waals surface area (Å²) in [4.78, 5) is 13.0. The molecule has 18 aromatic rings. The van der Waals surface area contributed by atoms with Gasteiger partial charge in [-0.15, -0.1) is 0 Å². The third kappa shape index (κ3) is 14.6. The topological polar surface area (TPSA) is 60.3 Å². The van der Waals surface area contributed by atoms with E-state index in [1.165, 1.54) is 245 Å². The van der Waals surface area contributed by atoms with E-state index in [0.717, 1.165) is 32.7 Å². The van der Waals surface area contributed by atoms with Gasteiger partial charge in [-0.1, -0.05) is 293 Å². The molecule has 0 N–H and O–H groups in total. The van der Waals surface area contributed by atoms with Crippen molar-refractivity contribution in [3.8, 4) is 68.2 Å². The lowest BCUT2D eigenvalue weighted by Crippen LogP contribution is -2.74. The molecule has 720 valence electrons. The van der Waals surface area contributed by atoms with Crippen molar-refractivity contribution in [2.24, 2.45) is 0 Å². The van der Waals surface area contributed by atoms with E-state index in [1.807, 2.05) is 0 Å². The van der Waals surface area contributed by atoms with Gasteiger partial charge in [0, 0.05) is 113 Å². The molecule has 0 atom stereocenters. The second kappa shape index (κ2) is 36.5. The minimum Gasteiger partial charge on any atom is -0.372 e. The van der Waals surface area contributed by atoms with Crippen LogP contribution in [0.25, 0.3) is 68.2 Å². The standard InChI is InChI=1S/C28H35BN3.C28H29BN3.C25H23BN3.C24H21BN3.C21H23BN3/c2*1-19(2)23-13-9-14-24(20(3)4)27(23)29-31-17-16-30-18-21-10-8-15-25(26(21)28(30)31)32(29)22-11-6-5-7-12-22;1-17-9-7-10-18(2)24(17)26-27(3)21-14-8-13-20-15-28-22(19-11-5-4-6-12-19)16-29(26)25(28)23(20)21;1-17-8-6-9-18(2)23(17)25-27-15-14-26-16-19-10-7-13-21(22(19)24(26)27)28(25)20-11-4-3-5-12-20;1-14(2)25-18-10-6-9-17-13-23-11-12-24(21(23)19(17)18)22(25)20-15(3)7-5-8-16(20)4/h8-10,13-17,19-20,22H,5-7,11-12,18H2,1-4H3;5-17,19-20H,18H2,1-4H3;4-14,16H,15H2,1-3H3;3-15H,16H2,1-2H3;5-12,14H,13H2,1-4H3/q5*+1. The predicted octanol–water partition coefficient (Wildman–Crippen LogP) is 21.4. The molecule has 20 heteroatoms. The van der Waals surface area contributed by atoms with Gasteiger partial charge in [0.05, 0.1) is 27.8 Å². The first-order valence-corrected chi connectivity index (χ1v) is 53.7. The highest BCUT2D eigenvalue weighted by molar-refractivity contribution is 6.74. The molecule has 15 nitrogen and oxygen atoms in total. The molecule has 0 spiro atoms. The van der Waals surface area contributed by atoms with Gasteiger partial charge in [0.25, 0.3) is 29.1 Å². The third-order valence-electron chi connectivity index (χ3n) is 33.8. The molecule has 0 bridgehead atoms. The monoisotopic (exact) mass is 1910 g/mol. The second-order valence-corrected chi connectivity index (χ2v) is 44.2. The van der Waals surface area contributed by atoms with Crippen molar-refractivity contribution in [1.82, 2.24) is 22.8 Å². The van der Waals surface area contributed by atoms with Gasteiger partial charge in [-0.25, -0.2) is 22.8 Å². The number of aromatic nitrogens is 10. The van der Waals surface area contributed by atoms with E-state index in [9.17, 15) is 0 Å². The van der Waals surface area contributed by atoms with Gasteiger partial charge >= 0.3 is 34.9 Å². The molecule has 11 aliphatic rings. The normalized spacial score (nSPS) is 14.8. The number of imidazole rings is 5. The summed E-state index contributed by atoms with van der Waals surface area (Å²) in [7, 11) is 2.24. The molecule has 0 unspecified atom stereocenters. The van der Waals surface area contributed by atoms with Crippen LogP contribution in [-0.2, 0) is 32.7 Å². The second-order valence-electron chi connectivity index (χ2n) is 44.2. The Morgan fingerprint density at radius 3 is 1.02 bits per heavy atom. The first-order valence-electron chi connectivity index (χ1n) is 53.7. The van der Waals surface area contributed by atoms with E-state index in [1.54, 1.807) is 5.46 Å². The Labute approximate surface area is 864 Å². The molecule has 10 aliphatic heterocycles. The zero-order valence-electron chi connectivity index (χ0n) is 87.8. The van der Waals surface area contributed by atoms with Crippen molar-refractivity contribution >= 4 is 102 Å². The number of para-hydroxylation sites is 2. The fraction of sp³-hybridized carbons (Fsp3) is 0.262. The highest BCUT2D eigenvalue weighted by Gasteiger charge is 2.57. The van der Waals surface area contributed by atoms with E-state index in [4.69, 9.17) is 0 Å². The number of aryl methyl sites for hydroxylation is 6. The Hall–Kier alpha value is -14.8. The molecule has 13 aromatic carbocycles. The maximum absolute atomic E-state index is 2.84. The lowest BCUT2D eigenvalue weighted by atomic mass is 9.56. The van der Waals surface area contributed by atoms with Gasteiger partial charge in [-0.3, -0.25) is 22.4 Å². The molecule has 29 rings (SSSR count). The van der Waals surface area contributed by atoms with Crippen molar-refractivity contribution in [1.29, 1.82) is 0 Å². The van der Waals surface area contributed by atoms with Gasteiger partial charge in [0.1, 0.15) is 88.5 Å². The summed E-state index contributed by atoms with van der Waals surface area (Å²) in [5.41, 5.74) is 47.1. The number of benzene rings is 13. The van der Waals surface area contributed by atoms with Crippen LogP contribution in [0.4, 0.5) is 39.8 Å². The minimum atomic E-state index is 0.0745. The molecule has 5 aromatic heterocycles. The van der Waals surface area contributed by atoms with Crippen LogP contribution in [0.15, 0.2) is 329 Å². The largest absolute Gasteiger partial charge is 0.542 e. The van der Waals surface area contributed by atoms with Crippen LogP contribution in [0.5, 0.6) is 0 Å². The average Bonchev–Trinajstić information content (AvgIpc) is 1.56. The fourth-order valence-electron chi connectivity index (χ4n) is 27.4. The van der Waals surface area contributed by atoms with Gasteiger partial charge in [-0.2, -0.15) is 0 Å². The molecule has 1 aliphatic carbocycles. The Morgan fingerprint density at radius 2 is 0.603 bits per heavy atom. The van der Waals surface area contributed by atoms with Crippen molar-refractivity contribution < 1.29 is 22.4 Å². The number of hydrogen-bond donors (Lipinski definition) is 0. The summed E-state index contributed by atoms with van der Waals surface area (Å²) in [5, 5.41) is 0. The summed E-state index contributed by atoms with van der Waals surface area (Å²) < 4.78 is 24.7. The first-order chi connectivity index (χ1) is 71.1. The Kier molecular flexibility index (Phi) is 23.1. The lowest BCUT2D eigenvalue weighted by Gasteiger charge is -2.42. The Morgan fingerprint density at radius 1 is 0.281 bits per heavy atom. The third-order valence-corrected chi connectivity index (χ3v) is 33.8. The van der Waals surface area contributed by atoms with E-state index in [-0.39, 0.29) is 34.9 Å². The van der Waals surface area contributed by atoms with Crippen LogP contribution in [0.2, 0.25) is 0 Å². The molecule has 1 saturated carbocycles. The van der Waals surface area contributed by atoms with Crippen molar-refractivity contribution in [2.45, 2.75) is 211 Å². The summed E-state index contributed by atoms with van der Waals surface area (Å²) in [6.07, 6.45) is 27.2. The smallest absolute Gasteiger partial charge is 0.372 e. The Balaban J connectivity index is 0.0000000954. The van der Waals surface area contributed by atoms with Crippen molar-refractivity contribution in [2.75, 3.05) is 31.1 Å². The zero-order chi connectivity index (χ0) is 99.8. The molecule has 0 saturated heterocycles.